The maximum atomic E-state index is 5.39. The Morgan fingerprint density at radius 2 is 2.00 bits per heavy atom. The number of thioether (sulfide) groups is 1. The summed E-state index contributed by atoms with van der Waals surface area (Å²) < 4.78 is 5.39. The van der Waals surface area contributed by atoms with Gasteiger partial charge in [0.15, 0.2) is 0 Å². The summed E-state index contributed by atoms with van der Waals surface area (Å²) in [4.78, 5) is 1.48. The minimum absolute atomic E-state index is 0.700. The van der Waals surface area contributed by atoms with E-state index < -0.39 is 0 Å². The molecule has 1 fully saturated rings. The molecule has 2 aliphatic rings. The zero-order valence-electron chi connectivity index (χ0n) is 10.7. The molecule has 0 aromatic heterocycles. The van der Waals surface area contributed by atoms with Gasteiger partial charge in [0.05, 0.1) is 0 Å². The van der Waals surface area contributed by atoms with Crippen LogP contribution in [0.25, 0.3) is 0 Å². The van der Waals surface area contributed by atoms with Crippen molar-refractivity contribution in [3.8, 4) is 0 Å². The van der Waals surface area contributed by atoms with E-state index in [0.717, 1.165) is 32.2 Å². The number of nitrogens with one attached hydrogen (secondary N) is 1. The Morgan fingerprint density at radius 1 is 1.17 bits per heavy atom. The van der Waals surface area contributed by atoms with Crippen LogP contribution in [0.1, 0.15) is 24.3 Å². The molecule has 1 aromatic rings. The summed E-state index contributed by atoms with van der Waals surface area (Å²) >= 11 is 2.00. The van der Waals surface area contributed by atoms with Crippen molar-refractivity contribution in [2.75, 3.05) is 32.1 Å². The van der Waals surface area contributed by atoms with Gasteiger partial charge in [-0.3, -0.25) is 0 Å². The number of hydrogen-bond acceptors (Lipinski definition) is 3. The SMILES string of the molecule is c1ccc2c(c1)SCC2CNCC1CCOCC1. The van der Waals surface area contributed by atoms with E-state index in [4.69, 9.17) is 4.74 Å². The lowest BCUT2D eigenvalue weighted by molar-refractivity contribution is 0.0663. The highest BCUT2D eigenvalue weighted by Crippen LogP contribution is 2.38. The molecule has 1 atom stereocenters. The van der Waals surface area contributed by atoms with E-state index in [0.29, 0.717) is 5.92 Å². The molecule has 3 heteroatoms. The smallest absolute Gasteiger partial charge is 0.0469 e. The van der Waals surface area contributed by atoms with Gasteiger partial charge < -0.3 is 10.1 Å². The molecule has 0 spiro atoms. The second kappa shape index (κ2) is 6.09. The molecule has 1 N–H and O–H groups in total. The Labute approximate surface area is 113 Å². The van der Waals surface area contributed by atoms with Crippen LogP contribution < -0.4 is 5.32 Å². The first kappa shape index (κ1) is 12.5. The Kier molecular flexibility index (Phi) is 4.24. The van der Waals surface area contributed by atoms with Crippen molar-refractivity contribution in [2.24, 2.45) is 5.92 Å². The van der Waals surface area contributed by atoms with E-state index in [-0.39, 0.29) is 0 Å². The summed E-state index contributed by atoms with van der Waals surface area (Å²) in [5.74, 6) is 2.76. The molecule has 3 rings (SSSR count). The molecule has 2 aliphatic heterocycles. The van der Waals surface area contributed by atoms with Crippen LogP contribution in [0, 0.1) is 5.92 Å². The third kappa shape index (κ3) is 2.90. The summed E-state index contributed by atoms with van der Waals surface area (Å²) in [5.41, 5.74) is 1.54. The largest absolute Gasteiger partial charge is 0.381 e. The van der Waals surface area contributed by atoms with Gasteiger partial charge in [-0.2, -0.15) is 0 Å². The lowest BCUT2D eigenvalue weighted by Gasteiger charge is -2.23. The van der Waals surface area contributed by atoms with Crippen molar-refractivity contribution < 1.29 is 4.74 Å². The number of ether oxygens (including phenoxy) is 1. The van der Waals surface area contributed by atoms with E-state index >= 15 is 0 Å². The van der Waals surface area contributed by atoms with Gasteiger partial charge in [-0.05, 0) is 36.9 Å². The lowest BCUT2D eigenvalue weighted by Crippen LogP contribution is -2.30. The van der Waals surface area contributed by atoms with Crippen LogP contribution in [0.3, 0.4) is 0 Å². The van der Waals surface area contributed by atoms with Crippen molar-refractivity contribution in [1.29, 1.82) is 0 Å². The molecule has 98 valence electrons. The number of fused-ring (bicyclic) bond motifs is 1. The summed E-state index contributed by atoms with van der Waals surface area (Å²) in [6, 6.07) is 8.84. The zero-order chi connectivity index (χ0) is 12.2. The van der Waals surface area contributed by atoms with Crippen molar-refractivity contribution in [3.63, 3.8) is 0 Å². The fourth-order valence-electron chi connectivity index (χ4n) is 2.81. The molecule has 0 saturated carbocycles. The first-order chi connectivity index (χ1) is 8.93. The van der Waals surface area contributed by atoms with Crippen molar-refractivity contribution in [2.45, 2.75) is 23.7 Å². The molecule has 1 unspecified atom stereocenters. The molecule has 1 aromatic carbocycles. The molecule has 0 aliphatic carbocycles. The summed E-state index contributed by atoms with van der Waals surface area (Å²) in [6.07, 6.45) is 2.45. The van der Waals surface area contributed by atoms with E-state index in [9.17, 15) is 0 Å². The Morgan fingerprint density at radius 3 is 2.89 bits per heavy atom. The molecule has 0 bridgehead atoms. The molecule has 1 saturated heterocycles. The van der Waals surface area contributed by atoms with Crippen molar-refractivity contribution in [1.82, 2.24) is 5.32 Å². The second-order valence-electron chi connectivity index (χ2n) is 5.26. The number of hydrogen-bond donors (Lipinski definition) is 1. The van der Waals surface area contributed by atoms with Gasteiger partial charge in [-0.15, -0.1) is 11.8 Å². The lowest BCUT2D eigenvalue weighted by atomic mass is 9.98. The van der Waals surface area contributed by atoms with E-state index in [1.807, 2.05) is 11.8 Å². The first-order valence-electron chi connectivity index (χ1n) is 6.93. The predicted molar refractivity (Wildman–Crippen MR) is 76.3 cm³/mol. The van der Waals surface area contributed by atoms with Crippen molar-refractivity contribution >= 4 is 11.8 Å². The first-order valence-corrected chi connectivity index (χ1v) is 7.92. The van der Waals surface area contributed by atoms with Crippen LogP contribution in [-0.4, -0.2) is 32.1 Å². The third-order valence-corrected chi connectivity index (χ3v) is 5.22. The van der Waals surface area contributed by atoms with Gasteiger partial charge >= 0.3 is 0 Å². The minimum atomic E-state index is 0.700. The highest BCUT2D eigenvalue weighted by Gasteiger charge is 2.22. The summed E-state index contributed by atoms with van der Waals surface area (Å²) in [6.45, 7) is 4.19. The summed E-state index contributed by atoms with van der Waals surface area (Å²) in [7, 11) is 0. The van der Waals surface area contributed by atoms with Crippen LogP contribution >= 0.6 is 11.8 Å². The average Bonchev–Trinajstić information content (AvgIpc) is 2.84. The molecule has 2 heterocycles. The molecular formula is C15H21NOS. The fraction of sp³-hybridized carbons (Fsp3) is 0.600. The Hall–Kier alpha value is -0.510. The topological polar surface area (TPSA) is 21.3 Å². The number of rotatable bonds is 4. The van der Waals surface area contributed by atoms with Gasteiger partial charge in [-0.1, -0.05) is 18.2 Å². The molecule has 2 nitrogen and oxygen atoms in total. The van der Waals surface area contributed by atoms with Gasteiger partial charge in [0.2, 0.25) is 0 Å². The van der Waals surface area contributed by atoms with Crippen LogP contribution in [0.5, 0.6) is 0 Å². The van der Waals surface area contributed by atoms with E-state index in [1.54, 1.807) is 5.56 Å². The van der Waals surface area contributed by atoms with Crippen molar-refractivity contribution in [3.05, 3.63) is 29.8 Å². The highest BCUT2D eigenvalue weighted by atomic mass is 32.2. The summed E-state index contributed by atoms with van der Waals surface area (Å²) in [5, 5.41) is 3.67. The highest BCUT2D eigenvalue weighted by molar-refractivity contribution is 7.99. The van der Waals surface area contributed by atoms with Crippen LogP contribution in [0.15, 0.2) is 29.2 Å². The molecule has 18 heavy (non-hydrogen) atoms. The average molecular weight is 263 g/mol. The molecule has 0 radical (unpaired) electrons. The molecule has 0 amide bonds. The van der Waals surface area contributed by atoms with Crippen LogP contribution in [0.2, 0.25) is 0 Å². The quantitative estimate of drug-likeness (QED) is 0.902. The van der Waals surface area contributed by atoms with Gasteiger partial charge in [0.25, 0.3) is 0 Å². The number of benzene rings is 1. The van der Waals surface area contributed by atoms with Crippen LogP contribution in [-0.2, 0) is 4.74 Å². The maximum Gasteiger partial charge on any atom is 0.0469 e. The standard InChI is InChI=1S/C15H21NOS/c1-2-4-15-14(3-1)13(11-18-15)10-16-9-12-5-7-17-8-6-12/h1-4,12-13,16H,5-11H2. The van der Waals surface area contributed by atoms with Gasteiger partial charge in [-0.25, -0.2) is 0 Å². The van der Waals surface area contributed by atoms with Gasteiger partial charge in [0, 0.05) is 36.3 Å². The van der Waals surface area contributed by atoms with E-state index in [2.05, 4.69) is 29.6 Å². The van der Waals surface area contributed by atoms with E-state index in [1.165, 1.54) is 23.5 Å². The fourth-order valence-corrected chi connectivity index (χ4v) is 4.06. The zero-order valence-corrected chi connectivity index (χ0v) is 11.5. The van der Waals surface area contributed by atoms with Gasteiger partial charge in [0.1, 0.15) is 0 Å². The maximum absolute atomic E-state index is 5.39. The second-order valence-corrected chi connectivity index (χ2v) is 6.32. The van der Waals surface area contributed by atoms with Crippen LogP contribution in [0.4, 0.5) is 0 Å². The Bertz CT molecular complexity index is 390. The minimum Gasteiger partial charge on any atom is -0.381 e. The monoisotopic (exact) mass is 263 g/mol. The normalized spacial score (nSPS) is 24.1. The predicted octanol–water partition coefficient (Wildman–Crippen LogP) is 2.89. The molecular weight excluding hydrogens is 242 g/mol. The third-order valence-electron chi connectivity index (χ3n) is 3.96. The Balaban J connectivity index is 1.47.